The number of carbonyl (C=O) groups excluding carboxylic acids is 1. The first-order valence-electron chi connectivity index (χ1n) is 12.4. The Morgan fingerprint density at radius 2 is 1.38 bits per heavy atom. The molecule has 34 heavy (non-hydrogen) atoms. The summed E-state index contributed by atoms with van der Waals surface area (Å²) in [6, 6.07) is 31.5. The summed E-state index contributed by atoms with van der Waals surface area (Å²) in [5.74, 6) is 0.194. The van der Waals surface area contributed by atoms with Crippen molar-refractivity contribution in [1.82, 2.24) is 15.1 Å². The zero-order valence-electron chi connectivity index (χ0n) is 20.5. The fourth-order valence-electron chi connectivity index (χ4n) is 5.23. The second-order valence-electron chi connectivity index (χ2n) is 9.62. The summed E-state index contributed by atoms with van der Waals surface area (Å²) in [6.07, 6.45) is 2.66. The van der Waals surface area contributed by atoms with Crippen molar-refractivity contribution in [3.05, 3.63) is 108 Å². The third kappa shape index (κ3) is 5.75. The Balaban J connectivity index is 1.44. The summed E-state index contributed by atoms with van der Waals surface area (Å²) in [6.45, 7) is 3.03. The molecular weight excluding hydrogens is 418 g/mol. The number of hydrogen-bond donors (Lipinski definition) is 1. The molecule has 0 spiro atoms. The average Bonchev–Trinajstić information content (AvgIpc) is 2.89. The molecule has 1 N–H and O–H groups in total. The Morgan fingerprint density at radius 3 is 1.94 bits per heavy atom. The lowest BCUT2D eigenvalue weighted by molar-refractivity contribution is -0.138. The molecule has 1 saturated heterocycles. The van der Waals surface area contributed by atoms with Gasteiger partial charge in [-0.15, -0.1) is 0 Å². The Hall–Kier alpha value is -2.95. The van der Waals surface area contributed by atoms with Gasteiger partial charge in [-0.25, -0.2) is 0 Å². The maximum absolute atomic E-state index is 13.7. The van der Waals surface area contributed by atoms with Gasteiger partial charge in [0.1, 0.15) is 0 Å². The van der Waals surface area contributed by atoms with E-state index in [0.717, 1.165) is 38.9 Å². The smallest absolute Gasteiger partial charge is 0.227 e. The highest BCUT2D eigenvalue weighted by molar-refractivity contribution is 5.79. The molecule has 4 nitrogen and oxygen atoms in total. The third-order valence-corrected chi connectivity index (χ3v) is 7.31. The monoisotopic (exact) mass is 455 g/mol. The average molecular weight is 456 g/mol. The maximum atomic E-state index is 13.7. The molecule has 1 unspecified atom stereocenters. The van der Waals surface area contributed by atoms with Crippen LogP contribution < -0.4 is 5.32 Å². The van der Waals surface area contributed by atoms with Gasteiger partial charge in [0, 0.05) is 31.7 Å². The molecular formula is C30H37N3O. The van der Waals surface area contributed by atoms with Gasteiger partial charge in [0.15, 0.2) is 0 Å². The highest BCUT2D eigenvalue weighted by atomic mass is 16.2. The van der Waals surface area contributed by atoms with Gasteiger partial charge in [-0.1, -0.05) is 91.0 Å². The van der Waals surface area contributed by atoms with Gasteiger partial charge in [-0.2, -0.15) is 0 Å². The highest BCUT2D eigenvalue weighted by Gasteiger charge is 2.40. The SMILES string of the molecule is CN(C)C1(c2ccccc2)CCN(C(=O)C(CNCc2ccccc2)Cc2ccccc2)CC1. The minimum absolute atomic E-state index is 0.0154. The van der Waals surface area contributed by atoms with E-state index in [9.17, 15) is 4.79 Å². The number of carbonyl (C=O) groups is 1. The van der Waals surface area contributed by atoms with E-state index < -0.39 is 0 Å². The fourth-order valence-corrected chi connectivity index (χ4v) is 5.23. The van der Waals surface area contributed by atoms with Gasteiger partial charge < -0.3 is 10.2 Å². The molecule has 1 fully saturated rings. The van der Waals surface area contributed by atoms with Crippen LogP contribution in [0.1, 0.15) is 29.5 Å². The summed E-state index contributed by atoms with van der Waals surface area (Å²) < 4.78 is 0. The first kappa shape index (κ1) is 24.2. The Kier molecular flexibility index (Phi) is 8.15. The van der Waals surface area contributed by atoms with Gasteiger partial charge in [0.05, 0.1) is 5.92 Å². The predicted molar refractivity (Wildman–Crippen MR) is 139 cm³/mol. The third-order valence-electron chi connectivity index (χ3n) is 7.31. The van der Waals surface area contributed by atoms with Gasteiger partial charge in [0.2, 0.25) is 5.91 Å². The predicted octanol–water partition coefficient (Wildman–Crippen LogP) is 4.71. The van der Waals surface area contributed by atoms with Crippen LogP contribution in [-0.4, -0.2) is 49.4 Å². The van der Waals surface area contributed by atoms with E-state index in [2.05, 4.69) is 108 Å². The number of hydrogen-bond acceptors (Lipinski definition) is 3. The Labute approximate surface area is 204 Å². The van der Waals surface area contributed by atoms with Gasteiger partial charge in [-0.3, -0.25) is 9.69 Å². The van der Waals surface area contributed by atoms with E-state index in [0.29, 0.717) is 6.54 Å². The van der Waals surface area contributed by atoms with Crippen molar-refractivity contribution in [3.8, 4) is 0 Å². The molecule has 178 valence electrons. The number of rotatable bonds is 9. The fraction of sp³-hybridized carbons (Fsp3) is 0.367. The molecule has 3 aromatic rings. The molecule has 0 aromatic heterocycles. The molecule has 1 heterocycles. The van der Waals surface area contributed by atoms with E-state index in [-0.39, 0.29) is 17.4 Å². The molecule has 0 saturated carbocycles. The van der Waals surface area contributed by atoms with Crippen LogP contribution in [0.3, 0.4) is 0 Å². The standard InChI is InChI=1S/C30H37N3O/c1-32(2)30(28-16-10-5-11-17-28)18-20-33(21-19-30)29(34)27(22-25-12-6-3-7-13-25)24-31-23-26-14-8-4-9-15-26/h3-17,27,31H,18-24H2,1-2H3. The van der Waals surface area contributed by atoms with Crippen molar-refractivity contribution in [3.63, 3.8) is 0 Å². The number of likely N-dealkylation sites (tertiary alicyclic amines) is 1. The number of benzene rings is 3. The summed E-state index contributed by atoms with van der Waals surface area (Å²) in [5.41, 5.74) is 3.78. The van der Waals surface area contributed by atoms with Crippen LogP contribution in [0, 0.1) is 5.92 Å². The van der Waals surface area contributed by atoms with Crippen molar-refractivity contribution in [1.29, 1.82) is 0 Å². The van der Waals surface area contributed by atoms with Crippen molar-refractivity contribution in [2.24, 2.45) is 5.92 Å². The molecule has 3 aromatic carbocycles. The van der Waals surface area contributed by atoms with Crippen LogP contribution in [0.5, 0.6) is 0 Å². The minimum Gasteiger partial charge on any atom is -0.342 e. The van der Waals surface area contributed by atoms with Crippen molar-refractivity contribution in [2.45, 2.75) is 31.3 Å². The zero-order valence-corrected chi connectivity index (χ0v) is 20.5. The zero-order chi connectivity index (χ0) is 23.8. The van der Waals surface area contributed by atoms with E-state index >= 15 is 0 Å². The van der Waals surface area contributed by atoms with Crippen LogP contribution in [0.2, 0.25) is 0 Å². The van der Waals surface area contributed by atoms with Gasteiger partial charge in [0.25, 0.3) is 0 Å². The molecule has 0 aliphatic carbocycles. The lowest BCUT2D eigenvalue weighted by Crippen LogP contribution is -2.53. The molecule has 4 rings (SSSR count). The largest absolute Gasteiger partial charge is 0.342 e. The molecule has 0 bridgehead atoms. The Morgan fingerprint density at radius 1 is 0.853 bits per heavy atom. The Bertz CT molecular complexity index is 1010. The first-order chi connectivity index (χ1) is 16.6. The number of nitrogens with zero attached hydrogens (tertiary/aromatic N) is 2. The summed E-state index contributed by atoms with van der Waals surface area (Å²) in [7, 11) is 4.33. The normalized spacial score (nSPS) is 16.4. The molecule has 1 amide bonds. The first-order valence-corrected chi connectivity index (χ1v) is 12.4. The quantitative estimate of drug-likeness (QED) is 0.507. The molecule has 4 heteroatoms. The van der Waals surface area contributed by atoms with E-state index in [1.807, 2.05) is 12.1 Å². The molecule has 1 atom stereocenters. The summed E-state index contributed by atoms with van der Waals surface area (Å²) in [4.78, 5) is 18.2. The van der Waals surface area contributed by atoms with Crippen LogP contribution in [0.15, 0.2) is 91.0 Å². The van der Waals surface area contributed by atoms with Crippen molar-refractivity contribution in [2.75, 3.05) is 33.7 Å². The van der Waals surface area contributed by atoms with Crippen molar-refractivity contribution < 1.29 is 4.79 Å². The number of amides is 1. The van der Waals surface area contributed by atoms with Gasteiger partial charge in [-0.05, 0) is 50.0 Å². The van der Waals surface area contributed by atoms with Crippen LogP contribution in [0.4, 0.5) is 0 Å². The summed E-state index contributed by atoms with van der Waals surface area (Å²) in [5, 5.41) is 3.55. The van der Waals surface area contributed by atoms with E-state index in [4.69, 9.17) is 0 Å². The lowest BCUT2D eigenvalue weighted by atomic mass is 9.79. The topological polar surface area (TPSA) is 35.6 Å². The van der Waals surface area contributed by atoms with Crippen LogP contribution in [0.25, 0.3) is 0 Å². The lowest BCUT2D eigenvalue weighted by Gasteiger charge is -2.47. The van der Waals surface area contributed by atoms with E-state index in [1.54, 1.807) is 0 Å². The summed E-state index contributed by atoms with van der Waals surface area (Å²) >= 11 is 0. The molecule has 1 aliphatic heterocycles. The van der Waals surface area contributed by atoms with Crippen LogP contribution >= 0.6 is 0 Å². The maximum Gasteiger partial charge on any atom is 0.227 e. The van der Waals surface area contributed by atoms with Gasteiger partial charge >= 0.3 is 0 Å². The van der Waals surface area contributed by atoms with Crippen LogP contribution in [-0.2, 0) is 23.3 Å². The molecule has 1 aliphatic rings. The number of nitrogens with one attached hydrogen (secondary N) is 1. The number of piperidine rings is 1. The highest BCUT2D eigenvalue weighted by Crippen LogP contribution is 2.37. The van der Waals surface area contributed by atoms with E-state index in [1.165, 1.54) is 16.7 Å². The molecule has 0 radical (unpaired) electrons. The van der Waals surface area contributed by atoms with Crippen molar-refractivity contribution >= 4 is 5.91 Å². The second-order valence-corrected chi connectivity index (χ2v) is 9.62. The minimum atomic E-state index is -0.0744. The second kappa shape index (κ2) is 11.5.